The summed E-state index contributed by atoms with van der Waals surface area (Å²) in [6.45, 7) is 2.32. The molecule has 2 heterocycles. The number of ether oxygens (including phenoxy) is 1. The van der Waals surface area contributed by atoms with Crippen molar-refractivity contribution in [2.75, 3.05) is 18.4 Å². The Bertz CT molecular complexity index is 804. The van der Waals surface area contributed by atoms with Crippen LogP contribution in [0.2, 0.25) is 0 Å². The molecule has 5 heteroatoms. The maximum Gasteiger partial charge on any atom is 0.253 e. The second-order valence-electron chi connectivity index (χ2n) is 6.57. The van der Waals surface area contributed by atoms with E-state index in [9.17, 15) is 9.59 Å². The summed E-state index contributed by atoms with van der Waals surface area (Å²) < 4.78 is 5.40. The van der Waals surface area contributed by atoms with Crippen LogP contribution in [-0.4, -0.2) is 29.8 Å². The average molecular weight is 336 g/mol. The molecule has 0 radical (unpaired) electrons. The van der Waals surface area contributed by atoms with Gasteiger partial charge in [0.1, 0.15) is 0 Å². The van der Waals surface area contributed by atoms with Crippen molar-refractivity contribution >= 4 is 17.5 Å². The zero-order valence-electron chi connectivity index (χ0n) is 13.9. The topological polar surface area (TPSA) is 58.6 Å². The SMILES string of the molecule is O=C(Nc1ccc2c(c1)COC2)C1CCN(C(=O)c2ccccc2)C1. The van der Waals surface area contributed by atoms with Crippen molar-refractivity contribution in [2.24, 2.45) is 5.92 Å². The molecule has 1 N–H and O–H groups in total. The van der Waals surface area contributed by atoms with Gasteiger partial charge in [-0.25, -0.2) is 0 Å². The Kier molecular flexibility index (Phi) is 4.24. The number of amides is 2. The molecule has 1 unspecified atom stereocenters. The van der Waals surface area contributed by atoms with Gasteiger partial charge >= 0.3 is 0 Å². The molecule has 4 rings (SSSR count). The Morgan fingerprint density at radius 3 is 2.68 bits per heavy atom. The quantitative estimate of drug-likeness (QED) is 0.938. The Balaban J connectivity index is 1.38. The fourth-order valence-corrected chi connectivity index (χ4v) is 3.42. The van der Waals surface area contributed by atoms with E-state index >= 15 is 0 Å². The largest absolute Gasteiger partial charge is 0.372 e. The molecule has 1 fully saturated rings. The number of likely N-dealkylation sites (tertiary alicyclic amines) is 1. The first-order valence-corrected chi connectivity index (χ1v) is 8.55. The van der Waals surface area contributed by atoms with Crippen LogP contribution in [0.5, 0.6) is 0 Å². The lowest BCUT2D eigenvalue weighted by atomic mass is 10.1. The van der Waals surface area contributed by atoms with E-state index in [1.807, 2.05) is 48.5 Å². The van der Waals surface area contributed by atoms with Crippen molar-refractivity contribution in [3.8, 4) is 0 Å². The van der Waals surface area contributed by atoms with Gasteiger partial charge in [0.2, 0.25) is 5.91 Å². The average Bonchev–Trinajstić information content (AvgIpc) is 3.31. The number of rotatable bonds is 3. The van der Waals surface area contributed by atoms with Gasteiger partial charge in [-0.15, -0.1) is 0 Å². The first kappa shape index (κ1) is 15.8. The highest BCUT2D eigenvalue weighted by Gasteiger charge is 2.31. The van der Waals surface area contributed by atoms with Gasteiger partial charge in [-0.2, -0.15) is 0 Å². The number of nitrogens with one attached hydrogen (secondary N) is 1. The predicted octanol–water partition coefficient (Wildman–Crippen LogP) is 2.82. The smallest absolute Gasteiger partial charge is 0.253 e. The van der Waals surface area contributed by atoms with E-state index in [4.69, 9.17) is 4.74 Å². The summed E-state index contributed by atoms with van der Waals surface area (Å²) in [5.41, 5.74) is 3.77. The molecule has 0 bridgehead atoms. The van der Waals surface area contributed by atoms with Crippen molar-refractivity contribution in [2.45, 2.75) is 19.6 Å². The number of hydrogen-bond acceptors (Lipinski definition) is 3. The number of anilines is 1. The summed E-state index contributed by atoms with van der Waals surface area (Å²) in [6.07, 6.45) is 0.693. The third-order valence-corrected chi connectivity index (χ3v) is 4.86. The monoisotopic (exact) mass is 336 g/mol. The van der Waals surface area contributed by atoms with Crippen molar-refractivity contribution in [3.05, 3.63) is 65.2 Å². The summed E-state index contributed by atoms with van der Waals surface area (Å²) in [7, 11) is 0. The van der Waals surface area contributed by atoms with Crippen LogP contribution < -0.4 is 5.32 Å². The summed E-state index contributed by atoms with van der Waals surface area (Å²) in [4.78, 5) is 26.8. The minimum atomic E-state index is -0.169. The fraction of sp³-hybridized carbons (Fsp3) is 0.300. The van der Waals surface area contributed by atoms with E-state index in [2.05, 4.69) is 5.32 Å². The van der Waals surface area contributed by atoms with E-state index in [0.29, 0.717) is 38.3 Å². The van der Waals surface area contributed by atoms with Crippen LogP contribution in [0, 0.1) is 5.92 Å². The minimum absolute atomic E-state index is 0.00872. The molecular weight excluding hydrogens is 316 g/mol. The van der Waals surface area contributed by atoms with Gasteiger partial charge in [-0.1, -0.05) is 24.3 Å². The van der Waals surface area contributed by atoms with E-state index in [-0.39, 0.29) is 17.7 Å². The molecule has 5 nitrogen and oxygen atoms in total. The Labute approximate surface area is 146 Å². The van der Waals surface area contributed by atoms with Crippen molar-refractivity contribution in [3.63, 3.8) is 0 Å². The van der Waals surface area contributed by atoms with Crippen LogP contribution in [0.25, 0.3) is 0 Å². The second-order valence-corrected chi connectivity index (χ2v) is 6.57. The molecule has 0 saturated carbocycles. The predicted molar refractivity (Wildman–Crippen MR) is 94.0 cm³/mol. The molecule has 25 heavy (non-hydrogen) atoms. The third kappa shape index (κ3) is 3.28. The van der Waals surface area contributed by atoms with Gasteiger partial charge in [0.05, 0.1) is 19.1 Å². The molecule has 2 aliphatic heterocycles. The van der Waals surface area contributed by atoms with Crippen LogP contribution >= 0.6 is 0 Å². The summed E-state index contributed by atoms with van der Waals surface area (Å²) in [6, 6.07) is 15.1. The maximum absolute atomic E-state index is 12.5. The highest BCUT2D eigenvalue weighted by molar-refractivity contribution is 5.96. The van der Waals surface area contributed by atoms with E-state index < -0.39 is 0 Å². The van der Waals surface area contributed by atoms with Gasteiger partial charge in [0, 0.05) is 24.3 Å². The molecule has 0 spiro atoms. The zero-order valence-corrected chi connectivity index (χ0v) is 13.9. The summed E-state index contributed by atoms with van der Waals surface area (Å²) in [5.74, 6) is -0.204. The summed E-state index contributed by atoms with van der Waals surface area (Å²) >= 11 is 0. The number of hydrogen-bond donors (Lipinski definition) is 1. The standard InChI is InChI=1S/C20H20N2O3/c23-19(21-18-7-6-16-12-25-13-17(16)10-18)15-8-9-22(11-15)20(24)14-4-2-1-3-5-14/h1-7,10,15H,8-9,11-13H2,(H,21,23). The molecule has 2 aromatic carbocycles. The number of nitrogens with zero attached hydrogens (tertiary/aromatic N) is 1. The molecule has 1 saturated heterocycles. The zero-order chi connectivity index (χ0) is 17.2. The molecule has 1 atom stereocenters. The van der Waals surface area contributed by atoms with Gasteiger partial charge in [-0.05, 0) is 41.8 Å². The van der Waals surface area contributed by atoms with Crippen LogP contribution in [0.4, 0.5) is 5.69 Å². The lowest BCUT2D eigenvalue weighted by Crippen LogP contribution is -2.31. The number of fused-ring (bicyclic) bond motifs is 1. The lowest BCUT2D eigenvalue weighted by molar-refractivity contribution is -0.119. The van der Waals surface area contributed by atoms with E-state index in [1.165, 1.54) is 5.56 Å². The molecular formula is C20H20N2O3. The van der Waals surface area contributed by atoms with Crippen molar-refractivity contribution in [1.82, 2.24) is 4.90 Å². The highest BCUT2D eigenvalue weighted by Crippen LogP contribution is 2.25. The van der Waals surface area contributed by atoms with Gasteiger partial charge in [-0.3, -0.25) is 9.59 Å². The van der Waals surface area contributed by atoms with E-state index in [0.717, 1.165) is 11.3 Å². The van der Waals surface area contributed by atoms with Gasteiger partial charge < -0.3 is 15.0 Å². The number of benzene rings is 2. The maximum atomic E-state index is 12.5. The van der Waals surface area contributed by atoms with Crippen LogP contribution in [0.1, 0.15) is 27.9 Å². The molecule has 2 aliphatic rings. The first-order chi connectivity index (χ1) is 12.2. The van der Waals surface area contributed by atoms with Crippen molar-refractivity contribution in [1.29, 1.82) is 0 Å². The normalized spacial score (nSPS) is 18.9. The fourth-order valence-electron chi connectivity index (χ4n) is 3.42. The Hall–Kier alpha value is -2.66. The summed E-state index contributed by atoms with van der Waals surface area (Å²) in [5, 5.41) is 2.98. The molecule has 128 valence electrons. The lowest BCUT2D eigenvalue weighted by Gasteiger charge is -2.16. The third-order valence-electron chi connectivity index (χ3n) is 4.86. The highest BCUT2D eigenvalue weighted by atomic mass is 16.5. The Morgan fingerprint density at radius 2 is 1.84 bits per heavy atom. The number of carbonyl (C=O) groups is 2. The minimum Gasteiger partial charge on any atom is -0.372 e. The number of carbonyl (C=O) groups excluding carboxylic acids is 2. The van der Waals surface area contributed by atoms with Gasteiger partial charge in [0.25, 0.3) is 5.91 Å². The molecule has 0 aromatic heterocycles. The van der Waals surface area contributed by atoms with Crippen LogP contribution in [0.3, 0.4) is 0 Å². The molecule has 0 aliphatic carbocycles. The first-order valence-electron chi connectivity index (χ1n) is 8.55. The van der Waals surface area contributed by atoms with E-state index in [1.54, 1.807) is 4.90 Å². The van der Waals surface area contributed by atoms with Crippen LogP contribution in [-0.2, 0) is 22.7 Å². The molecule has 2 amide bonds. The Morgan fingerprint density at radius 1 is 1.04 bits per heavy atom. The van der Waals surface area contributed by atoms with Crippen LogP contribution in [0.15, 0.2) is 48.5 Å². The van der Waals surface area contributed by atoms with Crippen molar-refractivity contribution < 1.29 is 14.3 Å². The van der Waals surface area contributed by atoms with Gasteiger partial charge in [0.15, 0.2) is 0 Å². The second kappa shape index (κ2) is 6.69. The molecule has 2 aromatic rings.